The van der Waals surface area contributed by atoms with E-state index in [2.05, 4.69) is 15.2 Å². The third kappa shape index (κ3) is 1.91. The zero-order valence-corrected chi connectivity index (χ0v) is 8.59. The van der Waals surface area contributed by atoms with E-state index in [4.69, 9.17) is 17.3 Å². The first-order chi connectivity index (χ1) is 6.77. The molecule has 0 unspecified atom stereocenters. The van der Waals surface area contributed by atoms with Crippen molar-refractivity contribution in [2.75, 3.05) is 36.8 Å². The van der Waals surface area contributed by atoms with Crippen molar-refractivity contribution in [3.63, 3.8) is 0 Å². The number of rotatable bonds is 1. The number of hydrogen-bond donors (Lipinski definition) is 2. The Morgan fingerprint density at radius 2 is 2.07 bits per heavy atom. The first kappa shape index (κ1) is 9.55. The second-order valence-electron chi connectivity index (χ2n) is 3.27. The molecule has 0 aromatic carbocycles. The fourth-order valence-corrected chi connectivity index (χ4v) is 1.62. The van der Waals surface area contributed by atoms with Crippen molar-refractivity contribution in [1.82, 2.24) is 10.3 Å². The molecule has 0 radical (unpaired) electrons. The number of pyridine rings is 1. The highest BCUT2D eigenvalue weighted by Gasteiger charge is 2.12. The Labute approximate surface area is 88.1 Å². The number of hydrogen-bond acceptors (Lipinski definition) is 4. The summed E-state index contributed by atoms with van der Waals surface area (Å²) < 4.78 is 0. The summed E-state index contributed by atoms with van der Waals surface area (Å²) in [5.41, 5.74) is 5.64. The van der Waals surface area contributed by atoms with E-state index in [1.807, 2.05) is 6.07 Å². The summed E-state index contributed by atoms with van der Waals surface area (Å²) in [6, 6.07) is 3.70. The lowest BCUT2D eigenvalue weighted by Gasteiger charge is -2.28. The molecule has 0 atom stereocenters. The first-order valence-corrected chi connectivity index (χ1v) is 5.03. The highest BCUT2D eigenvalue weighted by molar-refractivity contribution is 6.32. The Hall–Kier alpha value is -1.00. The van der Waals surface area contributed by atoms with Crippen molar-refractivity contribution in [3.05, 3.63) is 17.2 Å². The Morgan fingerprint density at radius 1 is 1.36 bits per heavy atom. The molecule has 76 valence electrons. The van der Waals surface area contributed by atoms with E-state index in [0.29, 0.717) is 10.8 Å². The predicted molar refractivity (Wildman–Crippen MR) is 58.7 cm³/mol. The van der Waals surface area contributed by atoms with Gasteiger partial charge >= 0.3 is 0 Å². The molecule has 0 spiro atoms. The maximum atomic E-state index is 5.80. The fourth-order valence-electron chi connectivity index (χ4n) is 1.52. The van der Waals surface area contributed by atoms with Crippen LogP contribution in [0.25, 0.3) is 0 Å². The molecule has 1 aliphatic heterocycles. The van der Waals surface area contributed by atoms with E-state index >= 15 is 0 Å². The molecule has 0 aliphatic carbocycles. The van der Waals surface area contributed by atoms with Gasteiger partial charge in [0.15, 0.2) is 0 Å². The Morgan fingerprint density at radius 3 is 2.71 bits per heavy atom. The molecular formula is C9H13ClN4. The zero-order valence-electron chi connectivity index (χ0n) is 7.83. The van der Waals surface area contributed by atoms with Crippen LogP contribution in [-0.4, -0.2) is 31.2 Å². The molecule has 0 amide bonds. The van der Waals surface area contributed by atoms with Gasteiger partial charge in [0.2, 0.25) is 0 Å². The summed E-state index contributed by atoms with van der Waals surface area (Å²) in [5.74, 6) is 1.32. The number of piperazine rings is 1. The van der Waals surface area contributed by atoms with Gasteiger partial charge in [0.1, 0.15) is 11.6 Å². The van der Waals surface area contributed by atoms with Gasteiger partial charge in [-0.2, -0.15) is 0 Å². The summed E-state index contributed by atoms with van der Waals surface area (Å²) in [6.45, 7) is 3.91. The molecule has 1 fully saturated rings. The van der Waals surface area contributed by atoms with Crippen molar-refractivity contribution < 1.29 is 0 Å². The second-order valence-corrected chi connectivity index (χ2v) is 3.68. The molecule has 4 nitrogen and oxygen atoms in total. The number of anilines is 2. The van der Waals surface area contributed by atoms with Gasteiger partial charge in [0.25, 0.3) is 0 Å². The topological polar surface area (TPSA) is 54.2 Å². The average Bonchev–Trinajstić information content (AvgIpc) is 2.23. The number of nitrogens with one attached hydrogen (secondary N) is 1. The maximum absolute atomic E-state index is 5.80. The SMILES string of the molecule is Nc1nc(N2CCNCC2)ccc1Cl. The van der Waals surface area contributed by atoms with Crippen LogP contribution in [0.4, 0.5) is 11.6 Å². The Balaban J connectivity index is 2.18. The van der Waals surface area contributed by atoms with Crippen molar-refractivity contribution in [1.29, 1.82) is 0 Å². The third-order valence-corrected chi connectivity index (χ3v) is 2.62. The molecule has 2 heterocycles. The van der Waals surface area contributed by atoms with Gasteiger partial charge in [-0.15, -0.1) is 0 Å². The summed E-state index contributed by atoms with van der Waals surface area (Å²) in [7, 11) is 0. The van der Waals surface area contributed by atoms with Crippen LogP contribution in [0.3, 0.4) is 0 Å². The summed E-state index contributed by atoms with van der Waals surface area (Å²) in [6.07, 6.45) is 0. The Kier molecular flexibility index (Phi) is 2.74. The van der Waals surface area contributed by atoms with Crippen LogP contribution in [0.2, 0.25) is 5.02 Å². The number of nitrogens with two attached hydrogens (primary N) is 1. The number of nitrogen functional groups attached to an aromatic ring is 1. The van der Waals surface area contributed by atoms with Crippen LogP contribution in [-0.2, 0) is 0 Å². The minimum Gasteiger partial charge on any atom is -0.382 e. The maximum Gasteiger partial charge on any atom is 0.144 e. The van der Waals surface area contributed by atoms with Gasteiger partial charge in [-0.05, 0) is 12.1 Å². The molecule has 0 bridgehead atoms. The molecule has 2 rings (SSSR count). The van der Waals surface area contributed by atoms with Crippen LogP contribution in [0, 0.1) is 0 Å². The van der Waals surface area contributed by atoms with Crippen LogP contribution >= 0.6 is 11.6 Å². The van der Waals surface area contributed by atoms with Crippen molar-refractivity contribution in [2.45, 2.75) is 0 Å². The quantitative estimate of drug-likeness (QED) is 0.721. The molecule has 14 heavy (non-hydrogen) atoms. The Bertz CT molecular complexity index is 323. The molecule has 3 N–H and O–H groups in total. The zero-order chi connectivity index (χ0) is 9.97. The van der Waals surface area contributed by atoms with Gasteiger partial charge in [0, 0.05) is 26.2 Å². The van der Waals surface area contributed by atoms with E-state index in [1.165, 1.54) is 0 Å². The van der Waals surface area contributed by atoms with Crippen LogP contribution in [0.5, 0.6) is 0 Å². The van der Waals surface area contributed by atoms with Gasteiger partial charge in [-0.25, -0.2) is 4.98 Å². The minimum atomic E-state index is 0.405. The van der Waals surface area contributed by atoms with Gasteiger partial charge in [-0.3, -0.25) is 0 Å². The summed E-state index contributed by atoms with van der Waals surface area (Å²) in [5, 5.41) is 3.80. The van der Waals surface area contributed by atoms with Crippen LogP contribution in [0.15, 0.2) is 12.1 Å². The summed E-state index contributed by atoms with van der Waals surface area (Å²) in [4.78, 5) is 6.44. The predicted octanol–water partition coefficient (Wildman–Crippen LogP) is 0.727. The average molecular weight is 213 g/mol. The van der Waals surface area contributed by atoms with E-state index in [1.54, 1.807) is 6.07 Å². The third-order valence-electron chi connectivity index (χ3n) is 2.30. The van der Waals surface area contributed by atoms with Crippen molar-refractivity contribution in [2.24, 2.45) is 0 Å². The largest absolute Gasteiger partial charge is 0.382 e. The first-order valence-electron chi connectivity index (χ1n) is 4.65. The molecular weight excluding hydrogens is 200 g/mol. The van der Waals surface area contributed by atoms with Crippen molar-refractivity contribution >= 4 is 23.2 Å². The van der Waals surface area contributed by atoms with Crippen LogP contribution in [0.1, 0.15) is 0 Å². The number of halogens is 1. The van der Waals surface area contributed by atoms with Crippen LogP contribution < -0.4 is 16.0 Å². The highest BCUT2D eigenvalue weighted by Crippen LogP contribution is 2.20. The lowest BCUT2D eigenvalue weighted by molar-refractivity contribution is 0.585. The van der Waals surface area contributed by atoms with E-state index in [0.717, 1.165) is 32.0 Å². The minimum absolute atomic E-state index is 0.405. The van der Waals surface area contributed by atoms with Gasteiger partial charge in [0.05, 0.1) is 5.02 Å². The van der Waals surface area contributed by atoms with Crippen molar-refractivity contribution in [3.8, 4) is 0 Å². The van der Waals surface area contributed by atoms with E-state index in [9.17, 15) is 0 Å². The number of nitrogens with zero attached hydrogens (tertiary/aromatic N) is 2. The van der Waals surface area contributed by atoms with Gasteiger partial charge in [-0.1, -0.05) is 11.6 Å². The fraction of sp³-hybridized carbons (Fsp3) is 0.444. The molecule has 1 saturated heterocycles. The standard InChI is InChI=1S/C9H13ClN4/c10-7-1-2-8(13-9(7)11)14-5-3-12-4-6-14/h1-2,12H,3-6H2,(H2,11,13). The lowest BCUT2D eigenvalue weighted by atomic mass is 10.3. The monoisotopic (exact) mass is 212 g/mol. The molecule has 5 heteroatoms. The highest BCUT2D eigenvalue weighted by atomic mass is 35.5. The van der Waals surface area contributed by atoms with E-state index < -0.39 is 0 Å². The van der Waals surface area contributed by atoms with Gasteiger partial charge < -0.3 is 16.0 Å². The molecule has 1 aromatic heterocycles. The number of aromatic nitrogens is 1. The molecule has 1 aliphatic rings. The molecule has 1 aromatic rings. The smallest absolute Gasteiger partial charge is 0.144 e. The van der Waals surface area contributed by atoms with E-state index in [-0.39, 0.29) is 0 Å². The lowest BCUT2D eigenvalue weighted by Crippen LogP contribution is -2.43. The second kappa shape index (κ2) is 4.02. The normalized spacial score (nSPS) is 17.1. The summed E-state index contributed by atoms with van der Waals surface area (Å²) >= 11 is 5.80. The molecule has 0 saturated carbocycles.